The maximum Gasteiger partial charge on any atom is 0.0962 e. The zero-order valence-electron chi connectivity index (χ0n) is 10.9. The van der Waals surface area contributed by atoms with E-state index < -0.39 is 0 Å². The Kier molecular flexibility index (Phi) is 4.78. The highest BCUT2D eigenvalue weighted by atomic mass is 15.3. The molecule has 0 aromatic heterocycles. The SMILES string of the molecule is CNC(C#N)CCN1CCN(CC2CC2)CC1. The fourth-order valence-electron chi connectivity index (χ4n) is 2.45. The summed E-state index contributed by atoms with van der Waals surface area (Å²) >= 11 is 0. The van der Waals surface area contributed by atoms with Crippen LogP contribution in [-0.2, 0) is 0 Å². The first-order valence-electron chi connectivity index (χ1n) is 6.83. The number of hydrogen-bond acceptors (Lipinski definition) is 4. The van der Waals surface area contributed by atoms with E-state index >= 15 is 0 Å². The van der Waals surface area contributed by atoms with Crippen molar-refractivity contribution in [3.63, 3.8) is 0 Å². The van der Waals surface area contributed by atoms with Gasteiger partial charge in [0.1, 0.15) is 0 Å². The Hall–Kier alpha value is -0.630. The third kappa shape index (κ3) is 4.27. The van der Waals surface area contributed by atoms with Gasteiger partial charge in [-0.15, -0.1) is 0 Å². The predicted molar refractivity (Wildman–Crippen MR) is 68.7 cm³/mol. The standard InChI is InChI=1S/C13H24N4/c1-15-13(10-14)4-5-16-6-8-17(9-7-16)11-12-2-3-12/h12-13,15H,2-9,11H2,1H3. The number of nitrogens with zero attached hydrogens (tertiary/aromatic N) is 3. The molecule has 1 unspecified atom stereocenters. The van der Waals surface area contributed by atoms with Crippen LogP contribution >= 0.6 is 0 Å². The van der Waals surface area contributed by atoms with Crippen molar-refractivity contribution >= 4 is 0 Å². The molecule has 2 rings (SSSR count). The van der Waals surface area contributed by atoms with E-state index in [0.29, 0.717) is 0 Å². The molecular weight excluding hydrogens is 212 g/mol. The first kappa shape index (κ1) is 12.8. The Morgan fingerprint density at radius 2 is 1.88 bits per heavy atom. The minimum atomic E-state index is 0.0134. The van der Waals surface area contributed by atoms with Gasteiger partial charge in [-0.2, -0.15) is 5.26 Å². The molecule has 1 saturated carbocycles. The number of nitrogens with one attached hydrogen (secondary N) is 1. The van der Waals surface area contributed by atoms with Gasteiger partial charge in [-0.05, 0) is 32.2 Å². The molecule has 0 spiro atoms. The Labute approximate surface area is 105 Å². The summed E-state index contributed by atoms with van der Waals surface area (Å²) in [5.74, 6) is 1.01. The molecule has 0 aromatic carbocycles. The molecule has 0 radical (unpaired) electrons. The van der Waals surface area contributed by atoms with Gasteiger partial charge < -0.3 is 15.1 Å². The zero-order valence-corrected chi connectivity index (χ0v) is 10.9. The van der Waals surface area contributed by atoms with E-state index in [4.69, 9.17) is 5.26 Å². The summed E-state index contributed by atoms with van der Waals surface area (Å²) < 4.78 is 0. The molecule has 1 aliphatic heterocycles. The molecular formula is C13H24N4. The van der Waals surface area contributed by atoms with Gasteiger partial charge in [0.05, 0.1) is 12.1 Å². The molecule has 1 N–H and O–H groups in total. The average Bonchev–Trinajstić information content (AvgIpc) is 3.16. The summed E-state index contributed by atoms with van der Waals surface area (Å²) in [5, 5.41) is 11.9. The van der Waals surface area contributed by atoms with Crippen molar-refractivity contribution in [2.75, 3.05) is 46.3 Å². The highest BCUT2D eigenvalue weighted by Gasteiger charge is 2.26. The number of hydrogen-bond donors (Lipinski definition) is 1. The van der Waals surface area contributed by atoms with Crippen LogP contribution in [0.1, 0.15) is 19.3 Å². The largest absolute Gasteiger partial charge is 0.305 e. The lowest BCUT2D eigenvalue weighted by Crippen LogP contribution is -2.47. The summed E-state index contributed by atoms with van der Waals surface area (Å²) in [5.41, 5.74) is 0. The average molecular weight is 236 g/mol. The molecule has 1 heterocycles. The van der Waals surface area contributed by atoms with Crippen LogP contribution in [0.3, 0.4) is 0 Å². The van der Waals surface area contributed by atoms with Crippen molar-refractivity contribution < 1.29 is 0 Å². The van der Waals surface area contributed by atoms with Crippen molar-refractivity contribution in [3.05, 3.63) is 0 Å². The van der Waals surface area contributed by atoms with Gasteiger partial charge in [-0.25, -0.2) is 0 Å². The highest BCUT2D eigenvalue weighted by molar-refractivity contribution is 4.89. The Morgan fingerprint density at radius 1 is 1.24 bits per heavy atom. The number of rotatable bonds is 6. The fourth-order valence-corrected chi connectivity index (χ4v) is 2.45. The zero-order chi connectivity index (χ0) is 12.1. The summed E-state index contributed by atoms with van der Waals surface area (Å²) in [6.07, 6.45) is 3.84. The fraction of sp³-hybridized carbons (Fsp3) is 0.923. The molecule has 17 heavy (non-hydrogen) atoms. The molecule has 0 amide bonds. The van der Waals surface area contributed by atoms with Crippen LogP contribution < -0.4 is 5.32 Å². The van der Waals surface area contributed by atoms with Crippen LogP contribution in [0, 0.1) is 17.2 Å². The van der Waals surface area contributed by atoms with Crippen LogP contribution in [0.25, 0.3) is 0 Å². The maximum atomic E-state index is 8.86. The van der Waals surface area contributed by atoms with Crippen LogP contribution in [0.2, 0.25) is 0 Å². The van der Waals surface area contributed by atoms with E-state index in [1.807, 2.05) is 7.05 Å². The summed E-state index contributed by atoms with van der Waals surface area (Å²) in [6, 6.07) is 2.30. The normalized spacial score (nSPS) is 24.5. The monoisotopic (exact) mass is 236 g/mol. The third-order valence-electron chi connectivity index (χ3n) is 3.92. The minimum absolute atomic E-state index is 0.0134. The molecule has 0 aromatic rings. The Morgan fingerprint density at radius 3 is 2.41 bits per heavy atom. The van der Waals surface area contributed by atoms with Crippen molar-refractivity contribution in [3.8, 4) is 6.07 Å². The molecule has 96 valence electrons. The molecule has 2 fully saturated rings. The molecule has 1 aliphatic carbocycles. The Bertz CT molecular complexity index is 261. The van der Waals surface area contributed by atoms with Crippen molar-refractivity contribution in [2.45, 2.75) is 25.3 Å². The predicted octanol–water partition coefficient (Wildman–Crippen LogP) is 0.516. The molecule has 4 nitrogen and oxygen atoms in total. The van der Waals surface area contributed by atoms with Gasteiger partial charge in [0.15, 0.2) is 0 Å². The number of piperazine rings is 1. The molecule has 4 heteroatoms. The van der Waals surface area contributed by atoms with E-state index in [2.05, 4.69) is 21.2 Å². The first-order valence-corrected chi connectivity index (χ1v) is 6.83. The van der Waals surface area contributed by atoms with Gasteiger partial charge in [0.25, 0.3) is 0 Å². The van der Waals surface area contributed by atoms with Gasteiger partial charge in [-0.3, -0.25) is 0 Å². The number of nitriles is 1. The van der Waals surface area contributed by atoms with Crippen LogP contribution in [0.15, 0.2) is 0 Å². The second-order valence-electron chi connectivity index (χ2n) is 5.34. The van der Waals surface area contributed by atoms with E-state index in [1.165, 1.54) is 45.6 Å². The van der Waals surface area contributed by atoms with Gasteiger partial charge in [0.2, 0.25) is 0 Å². The van der Waals surface area contributed by atoms with Gasteiger partial charge in [0, 0.05) is 39.3 Å². The van der Waals surface area contributed by atoms with Crippen molar-refractivity contribution in [2.24, 2.45) is 5.92 Å². The van der Waals surface area contributed by atoms with Gasteiger partial charge in [-0.1, -0.05) is 0 Å². The van der Waals surface area contributed by atoms with E-state index in [9.17, 15) is 0 Å². The van der Waals surface area contributed by atoms with E-state index in [0.717, 1.165) is 18.9 Å². The molecule has 0 bridgehead atoms. The minimum Gasteiger partial charge on any atom is -0.305 e. The lowest BCUT2D eigenvalue weighted by molar-refractivity contribution is 0.126. The van der Waals surface area contributed by atoms with E-state index in [-0.39, 0.29) is 6.04 Å². The molecule has 1 atom stereocenters. The second-order valence-corrected chi connectivity index (χ2v) is 5.34. The maximum absolute atomic E-state index is 8.86. The lowest BCUT2D eigenvalue weighted by Gasteiger charge is -2.35. The van der Waals surface area contributed by atoms with Crippen molar-refractivity contribution in [1.82, 2.24) is 15.1 Å². The van der Waals surface area contributed by atoms with Crippen LogP contribution in [-0.4, -0.2) is 62.2 Å². The third-order valence-corrected chi connectivity index (χ3v) is 3.92. The highest BCUT2D eigenvalue weighted by Crippen LogP contribution is 2.29. The molecule has 1 saturated heterocycles. The smallest absolute Gasteiger partial charge is 0.0962 e. The van der Waals surface area contributed by atoms with Gasteiger partial charge >= 0.3 is 0 Å². The summed E-state index contributed by atoms with van der Waals surface area (Å²) in [4.78, 5) is 5.10. The molecule has 2 aliphatic rings. The van der Waals surface area contributed by atoms with E-state index in [1.54, 1.807) is 0 Å². The van der Waals surface area contributed by atoms with Crippen LogP contribution in [0.5, 0.6) is 0 Å². The second kappa shape index (κ2) is 6.34. The lowest BCUT2D eigenvalue weighted by atomic mass is 10.2. The quantitative estimate of drug-likeness (QED) is 0.730. The van der Waals surface area contributed by atoms with Crippen molar-refractivity contribution in [1.29, 1.82) is 5.26 Å². The summed E-state index contributed by atoms with van der Waals surface area (Å²) in [6.45, 7) is 7.16. The summed E-state index contributed by atoms with van der Waals surface area (Å²) in [7, 11) is 1.86. The Balaban J connectivity index is 1.59. The topological polar surface area (TPSA) is 42.3 Å². The van der Waals surface area contributed by atoms with Crippen LogP contribution in [0.4, 0.5) is 0 Å². The first-order chi connectivity index (χ1) is 8.31.